The number of carbonyl (C=O) groups is 3. The number of ketones is 3. The van der Waals surface area contributed by atoms with Gasteiger partial charge in [-0.2, -0.15) is 0 Å². The van der Waals surface area contributed by atoms with Gasteiger partial charge in [0.2, 0.25) is 0 Å². The number of hydrogen-bond acceptors (Lipinski definition) is 4. The van der Waals surface area contributed by atoms with Crippen molar-refractivity contribution in [3.8, 4) is 0 Å². The molecule has 1 N–H and O–H groups in total. The van der Waals surface area contributed by atoms with Crippen molar-refractivity contribution in [2.24, 2.45) is 22.2 Å². The van der Waals surface area contributed by atoms with Crippen LogP contribution in [0.25, 0.3) is 0 Å². The van der Waals surface area contributed by atoms with Gasteiger partial charge in [-0.25, -0.2) is 0 Å². The van der Waals surface area contributed by atoms with Crippen molar-refractivity contribution >= 4 is 17.3 Å². The highest BCUT2D eigenvalue weighted by Crippen LogP contribution is 2.66. The number of allylic oxidation sites excluding steroid dienone is 8. The molecule has 3 atom stereocenters. The summed E-state index contributed by atoms with van der Waals surface area (Å²) in [6.07, 6.45) is 7.56. The third-order valence-electron chi connectivity index (χ3n) is 8.59. The molecule has 4 nitrogen and oxygen atoms in total. The highest BCUT2D eigenvalue weighted by molar-refractivity contribution is 6.34. The number of benzene rings is 1. The quantitative estimate of drug-likeness (QED) is 0.170. The van der Waals surface area contributed by atoms with Crippen LogP contribution in [0.5, 0.6) is 0 Å². The number of rotatable bonds is 8. The Morgan fingerprint density at radius 2 is 1.43 bits per heavy atom. The van der Waals surface area contributed by atoms with E-state index in [0.717, 1.165) is 11.1 Å². The molecule has 37 heavy (non-hydrogen) atoms. The van der Waals surface area contributed by atoms with E-state index in [0.29, 0.717) is 18.4 Å². The number of fused-ring (bicyclic) bond motifs is 2. The largest absolute Gasteiger partial charge is 0.510 e. The van der Waals surface area contributed by atoms with E-state index < -0.39 is 27.8 Å². The summed E-state index contributed by atoms with van der Waals surface area (Å²) >= 11 is 0. The molecule has 1 aromatic rings. The van der Waals surface area contributed by atoms with Gasteiger partial charge in [-0.15, -0.1) is 0 Å². The molecule has 0 heterocycles. The van der Waals surface area contributed by atoms with Gasteiger partial charge in [-0.1, -0.05) is 79.1 Å². The lowest BCUT2D eigenvalue weighted by Crippen LogP contribution is -2.66. The average Bonchev–Trinajstić information content (AvgIpc) is 2.82. The van der Waals surface area contributed by atoms with E-state index in [1.54, 1.807) is 30.3 Å². The summed E-state index contributed by atoms with van der Waals surface area (Å²) < 4.78 is 0. The first-order chi connectivity index (χ1) is 17.2. The van der Waals surface area contributed by atoms with Gasteiger partial charge in [-0.3, -0.25) is 14.4 Å². The van der Waals surface area contributed by atoms with Crippen LogP contribution < -0.4 is 0 Å². The summed E-state index contributed by atoms with van der Waals surface area (Å²) in [6, 6.07) is 8.57. The van der Waals surface area contributed by atoms with Crippen LogP contribution in [0.15, 0.2) is 76.6 Å². The van der Waals surface area contributed by atoms with Gasteiger partial charge >= 0.3 is 0 Å². The van der Waals surface area contributed by atoms with Crippen LogP contribution in [0.1, 0.15) is 91.4 Å². The van der Waals surface area contributed by atoms with Gasteiger partial charge in [0.15, 0.2) is 17.3 Å². The fourth-order valence-corrected chi connectivity index (χ4v) is 6.14. The average molecular weight is 503 g/mol. The van der Waals surface area contributed by atoms with E-state index in [1.165, 1.54) is 5.57 Å². The zero-order chi connectivity index (χ0) is 27.8. The van der Waals surface area contributed by atoms with E-state index in [-0.39, 0.29) is 35.9 Å². The monoisotopic (exact) mass is 502 g/mol. The van der Waals surface area contributed by atoms with Crippen LogP contribution in [0.3, 0.4) is 0 Å². The Morgan fingerprint density at radius 3 is 1.97 bits per heavy atom. The molecule has 0 aromatic heterocycles. The van der Waals surface area contributed by atoms with Gasteiger partial charge in [0.05, 0.1) is 10.8 Å². The van der Waals surface area contributed by atoms with E-state index >= 15 is 0 Å². The highest BCUT2D eigenvalue weighted by atomic mass is 16.3. The fourth-order valence-electron chi connectivity index (χ4n) is 6.14. The maximum absolute atomic E-state index is 14.7. The summed E-state index contributed by atoms with van der Waals surface area (Å²) in [5, 5.41) is 12.0. The van der Waals surface area contributed by atoms with Gasteiger partial charge in [0.1, 0.15) is 11.3 Å². The normalized spacial score (nSPS) is 26.4. The van der Waals surface area contributed by atoms with Gasteiger partial charge in [0, 0.05) is 5.56 Å². The summed E-state index contributed by atoms with van der Waals surface area (Å²) in [7, 11) is 0. The molecule has 0 saturated heterocycles. The van der Waals surface area contributed by atoms with Gasteiger partial charge in [0.25, 0.3) is 0 Å². The third-order valence-corrected chi connectivity index (χ3v) is 8.59. The van der Waals surface area contributed by atoms with E-state index in [4.69, 9.17) is 0 Å². The summed E-state index contributed by atoms with van der Waals surface area (Å²) in [5.74, 6) is -1.70. The molecule has 2 aliphatic carbocycles. The molecule has 1 fully saturated rings. The van der Waals surface area contributed by atoms with Crippen molar-refractivity contribution in [3.05, 3.63) is 82.2 Å². The Morgan fingerprint density at radius 1 is 0.892 bits per heavy atom. The fraction of sp³-hybridized carbons (Fsp3) is 0.485. The summed E-state index contributed by atoms with van der Waals surface area (Å²) in [4.78, 5) is 42.9. The molecule has 0 spiro atoms. The second kappa shape index (κ2) is 10.4. The Kier molecular flexibility index (Phi) is 8.02. The summed E-state index contributed by atoms with van der Waals surface area (Å²) in [6.45, 7) is 15.9. The Balaban J connectivity index is 2.43. The first-order valence-corrected chi connectivity index (χ1v) is 13.3. The number of Topliss-reactive ketones (excluding diaryl/α,β-unsaturated/α-hetero) is 3. The van der Waals surface area contributed by atoms with Gasteiger partial charge < -0.3 is 5.11 Å². The Hall–Kier alpha value is -3.01. The minimum Gasteiger partial charge on any atom is -0.510 e. The predicted octanol–water partition coefficient (Wildman–Crippen LogP) is 7.92. The second-order valence-corrected chi connectivity index (χ2v) is 12.2. The van der Waals surface area contributed by atoms with Crippen LogP contribution in [0, 0.1) is 22.2 Å². The molecule has 0 radical (unpaired) electrons. The molecule has 0 unspecified atom stereocenters. The van der Waals surface area contributed by atoms with Crippen molar-refractivity contribution < 1.29 is 19.5 Å². The van der Waals surface area contributed by atoms with Crippen LogP contribution in [0.2, 0.25) is 0 Å². The Bertz CT molecular complexity index is 1210. The lowest BCUT2D eigenvalue weighted by Gasteiger charge is -2.60. The highest BCUT2D eigenvalue weighted by Gasteiger charge is 2.71. The van der Waals surface area contributed by atoms with Crippen LogP contribution >= 0.6 is 0 Å². The molecule has 1 aromatic carbocycles. The van der Waals surface area contributed by atoms with Gasteiger partial charge in [-0.05, 0) is 78.6 Å². The molecule has 0 amide bonds. The van der Waals surface area contributed by atoms with Crippen LogP contribution in [0.4, 0.5) is 0 Å². The topological polar surface area (TPSA) is 71.4 Å². The Labute approximate surface area is 222 Å². The summed E-state index contributed by atoms with van der Waals surface area (Å²) in [5.41, 5.74) is -0.183. The first kappa shape index (κ1) is 28.6. The minimum atomic E-state index is -1.39. The molecule has 2 bridgehead atoms. The molecule has 3 rings (SSSR count). The number of aliphatic hydroxyl groups excluding tert-OH is 1. The number of carbonyl (C=O) groups excluding carboxylic acids is 3. The third kappa shape index (κ3) is 4.71. The van der Waals surface area contributed by atoms with Crippen molar-refractivity contribution in [3.63, 3.8) is 0 Å². The van der Waals surface area contributed by atoms with Crippen molar-refractivity contribution in [1.29, 1.82) is 0 Å². The molecule has 1 saturated carbocycles. The molecule has 4 heteroatoms. The molecular weight excluding hydrogens is 460 g/mol. The van der Waals surface area contributed by atoms with Crippen LogP contribution in [-0.2, 0) is 9.59 Å². The first-order valence-electron chi connectivity index (χ1n) is 13.3. The van der Waals surface area contributed by atoms with Crippen molar-refractivity contribution in [1.82, 2.24) is 0 Å². The molecule has 198 valence electrons. The van der Waals surface area contributed by atoms with Crippen molar-refractivity contribution in [2.75, 3.05) is 0 Å². The van der Waals surface area contributed by atoms with E-state index in [2.05, 4.69) is 6.08 Å². The maximum atomic E-state index is 14.7. The number of aliphatic hydroxyl groups is 1. The lowest BCUT2D eigenvalue weighted by molar-refractivity contribution is -0.169. The zero-order valence-corrected chi connectivity index (χ0v) is 23.7. The molecule has 2 aliphatic rings. The molecule has 0 aliphatic heterocycles. The SMILES string of the molecule is CC(C)=CC[C@H]1C[C@]2(CC=C(C)C)C(=O)C(C(=O)c3ccccc3)=C(O)[C@](CC=C(C)C)(C2=O)C1(C)C. The lowest BCUT2D eigenvalue weighted by atomic mass is 9.40. The number of hydrogen-bond donors (Lipinski definition) is 1. The molecular formula is C33H42O4. The maximum Gasteiger partial charge on any atom is 0.200 e. The van der Waals surface area contributed by atoms with Crippen molar-refractivity contribution in [2.45, 2.75) is 81.1 Å². The minimum absolute atomic E-state index is 0.0456. The van der Waals surface area contributed by atoms with E-state index in [9.17, 15) is 19.5 Å². The van der Waals surface area contributed by atoms with Crippen LogP contribution in [-0.4, -0.2) is 22.5 Å². The van der Waals surface area contributed by atoms with E-state index in [1.807, 2.05) is 67.5 Å². The second-order valence-electron chi connectivity index (χ2n) is 12.2. The standard InChI is InChI=1S/C33H42O4/c1-21(2)14-15-25-20-32(18-16-22(3)4)28(35)26(27(34)24-12-10-9-11-13-24)29(36)33(30(32)37,31(25,7)8)19-17-23(5)6/h9-14,16-17,25,36H,15,18-20H2,1-8H3/t25-,32+,33+/m0/s1. The predicted molar refractivity (Wildman–Crippen MR) is 149 cm³/mol. The zero-order valence-electron chi connectivity index (χ0n) is 23.7. The smallest absolute Gasteiger partial charge is 0.200 e.